The van der Waals surface area contributed by atoms with Gasteiger partial charge in [0.25, 0.3) is 0 Å². The molecule has 4 rings (SSSR count). The summed E-state index contributed by atoms with van der Waals surface area (Å²) >= 11 is 0. The molecule has 2 aliphatic carbocycles. The van der Waals surface area contributed by atoms with Crippen LogP contribution in [0.4, 0.5) is 0 Å². The second-order valence-electron chi connectivity index (χ2n) is 6.43. The van der Waals surface area contributed by atoms with E-state index in [9.17, 15) is 0 Å². The van der Waals surface area contributed by atoms with Gasteiger partial charge in [-0.3, -0.25) is 0 Å². The lowest BCUT2D eigenvalue weighted by atomic mass is 9.93. The summed E-state index contributed by atoms with van der Waals surface area (Å²) < 4.78 is 2.41. The van der Waals surface area contributed by atoms with Crippen molar-refractivity contribution in [3.63, 3.8) is 0 Å². The zero-order valence-corrected chi connectivity index (χ0v) is 10.8. The number of hydrogen-bond donors (Lipinski definition) is 1. The Bertz CT molecular complexity index is 476. The van der Waals surface area contributed by atoms with Crippen LogP contribution in [0.2, 0.25) is 0 Å². The summed E-state index contributed by atoms with van der Waals surface area (Å²) in [5, 5.41) is 12.3. The molecular weight excluding hydrogens is 212 g/mol. The molecule has 4 unspecified atom stereocenters. The second kappa shape index (κ2) is 2.91. The predicted octanol–water partition coefficient (Wildman–Crippen LogP) is 1.78. The van der Waals surface area contributed by atoms with Crippen LogP contribution in [-0.2, 0) is 0 Å². The molecule has 4 nitrogen and oxygen atoms in total. The van der Waals surface area contributed by atoms with Gasteiger partial charge in [0.15, 0.2) is 0 Å². The van der Waals surface area contributed by atoms with Crippen molar-refractivity contribution in [2.75, 3.05) is 0 Å². The first-order chi connectivity index (χ1) is 8.12. The summed E-state index contributed by atoms with van der Waals surface area (Å²) in [6.07, 6.45) is 4.02. The van der Waals surface area contributed by atoms with E-state index >= 15 is 0 Å². The molecule has 0 amide bonds. The number of nitrogens with zero attached hydrogens (tertiary/aromatic N) is 3. The molecule has 3 fully saturated rings. The highest BCUT2D eigenvalue weighted by molar-refractivity contribution is 5.28. The van der Waals surface area contributed by atoms with Crippen molar-refractivity contribution in [2.45, 2.75) is 64.1 Å². The molecule has 1 aromatic heterocycles. The van der Waals surface area contributed by atoms with Crippen molar-refractivity contribution in [3.8, 4) is 0 Å². The lowest BCUT2D eigenvalue weighted by molar-refractivity contribution is 0.260. The Morgan fingerprint density at radius 2 is 2.12 bits per heavy atom. The van der Waals surface area contributed by atoms with Crippen LogP contribution in [0.25, 0.3) is 0 Å². The molecular formula is C13H20N4. The molecule has 1 aliphatic heterocycles. The molecule has 4 atom stereocenters. The molecule has 3 aliphatic rings. The average Bonchev–Trinajstić information content (AvgIpc) is 2.54. The number of aryl methyl sites for hydroxylation is 1. The van der Waals surface area contributed by atoms with Crippen LogP contribution < -0.4 is 5.32 Å². The minimum Gasteiger partial charge on any atom is -0.312 e. The van der Waals surface area contributed by atoms with Gasteiger partial charge in [0.2, 0.25) is 0 Å². The maximum absolute atomic E-state index is 4.36. The van der Waals surface area contributed by atoms with Gasteiger partial charge in [-0.15, -0.1) is 10.2 Å². The summed E-state index contributed by atoms with van der Waals surface area (Å²) in [6.45, 7) is 6.51. The van der Waals surface area contributed by atoms with Crippen LogP contribution >= 0.6 is 0 Å². The van der Waals surface area contributed by atoms with Crippen LogP contribution in [0, 0.1) is 12.3 Å². The lowest BCUT2D eigenvalue weighted by Gasteiger charge is -2.30. The molecule has 4 heteroatoms. The van der Waals surface area contributed by atoms with Gasteiger partial charge in [-0.2, -0.15) is 0 Å². The maximum Gasteiger partial charge on any atom is 0.135 e. The van der Waals surface area contributed by atoms with Crippen molar-refractivity contribution >= 4 is 0 Å². The van der Waals surface area contributed by atoms with Crippen LogP contribution in [0.1, 0.15) is 56.7 Å². The van der Waals surface area contributed by atoms with Gasteiger partial charge in [-0.25, -0.2) is 0 Å². The van der Waals surface area contributed by atoms with Gasteiger partial charge in [-0.1, -0.05) is 13.8 Å². The Morgan fingerprint density at radius 3 is 2.71 bits per heavy atom. The van der Waals surface area contributed by atoms with E-state index in [-0.39, 0.29) is 0 Å². The van der Waals surface area contributed by atoms with Crippen molar-refractivity contribution in [3.05, 3.63) is 11.6 Å². The number of rotatable bonds is 2. The maximum atomic E-state index is 4.36. The van der Waals surface area contributed by atoms with Crippen molar-refractivity contribution < 1.29 is 0 Å². The SMILES string of the molecule is Cc1nnc(C(C)C)n1C1CC2NC3CC23C1. The van der Waals surface area contributed by atoms with Crippen LogP contribution in [0.3, 0.4) is 0 Å². The Balaban J connectivity index is 1.69. The zero-order valence-electron chi connectivity index (χ0n) is 10.8. The first-order valence-corrected chi connectivity index (χ1v) is 6.79. The van der Waals surface area contributed by atoms with E-state index in [4.69, 9.17) is 0 Å². The third kappa shape index (κ3) is 1.12. The molecule has 17 heavy (non-hydrogen) atoms. The molecule has 2 heterocycles. The monoisotopic (exact) mass is 232 g/mol. The van der Waals surface area contributed by atoms with Gasteiger partial charge in [-0.05, 0) is 26.2 Å². The predicted molar refractivity (Wildman–Crippen MR) is 64.9 cm³/mol. The minimum absolute atomic E-state index is 0.468. The fourth-order valence-electron chi connectivity index (χ4n) is 4.14. The largest absolute Gasteiger partial charge is 0.312 e. The topological polar surface area (TPSA) is 42.7 Å². The van der Waals surface area contributed by atoms with Crippen molar-refractivity contribution in [1.82, 2.24) is 20.1 Å². The van der Waals surface area contributed by atoms with E-state index in [2.05, 4.69) is 40.9 Å². The molecule has 0 radical (unpaired) electrons. The first kappa shape index (κ1) is 10.1. The number of nitrogens with one attached hydrogen (secondary N) is 1. The minimum atomic E-state index is 0.468. The summed E-state index contributed by atoms with van der Waals surface area (Å²) in [6, 6.07) is 2.25. The smallest absolute Gasteiger partial charge is 0.135 e. The summed E-state index contributed by atoms with van der Waals surface area (Å²) in [4.78, 5) is 0. The lowest BCUT2D eigenvalue weighted by Crippen LogP contribution is -2.49. The van der Waals surface area contributed by atoms with Gasteiger partial charge in [0.1, 0.15) is 11.6 Å². The summed E-state index contributed by atoms with van der Waals surface area (Å²) in [5.74, 6) is 2.73. The standard InChI is InChI=1S/C13H20N4/c1-7(2)12-16-15-8(3)17(12)9-4-10-13(5-9)6-11(13)14-10/h7,9-11,14H,4-6H2,1-3H3. The molecule has 1 aromatic rings. The van der Waals surface area contributed by atoms with Gasteiger partial charge in [0.05, 0.1) is 0 Å². The summed E-state index contributed by atoms with van der Waals surface area (Å²) in [5.41, 5.74) is 0.676. The van der Waals surface area contributed by atoms with Crippen molar-refractivity contribution in [1.29, 1.82) is 0 Å². The highest BCUT2D eigenvalue weighted by atomic mass is 15.3. The Hall–Kier alpha value is -0.900. The van der Waals surface area contributed by atoms with Gasteiger partial charge in [0, 0.05) is 29.5 Å². The van der Waals surface area contributed by atoms with Crippen LogP contribution in [-0.4, -0.2) is 26.8 Å². The number of aromatic nitrogens is 3. The molecule has 1 spiro atoms. The summed E-state index contributed by atoms with van der Waals surface area (Å²) in [7, 11) is 0. The fraction of sp³-hybridized carbons (Fsp3) is 0.846. The van der Waals surface area contributed by atoms with E-state index < -0.39 is 0 Å². The highest BCUT2D eigenvalue weighted by Crippen LogP contribution is 2.67. The third-order valence-electron chi connectivity index (χ3n) is 5.11. The third-order valence-corrected chi connectivity index (χ3v) is 5.11. The molecule has 0 bridgehead atoms. The van der Waals surface area contributed by atoms with E-state index in [1.165, 1.54) is 25.1 Å². The molecule has 1 N–H and O–H groups in total. The molecule has 2 saturated carbocycles. The Kier molecular flexibility index (Phi) is 1.72. The van der Waals surface area contributed by atoms with E-state index in [0.717, 1.165) is 17.9 Å². The molecule has 0 aromatic carbocycles. The molecule has 1 saturated heterocycles. The van der Waals surface area contributed by atoms with Crippen molar-refractivity contribution in [2.24, 2.45) is 5.41 Å². The van der Waals surface area contributed by atoms with E-state index in [1.807, 2.05) is 0 Å². The van der Waals surface area contributed by atoms with Gasteiger partial charge >= 0.3 is 0 Å². The Labute approximate surface area is 102 Å². The van der Waals surface area contributed by atoms with E-state index in [1.54, 1.807) is 0 Å². The van der Waals surface area contributed by atoms with E-state index in [0.29, 0.717) is 17.4 Å². The normalized spacial score (nSPS) is 42.2. The fourth-order valence-corrected chi connectivity index (χ4v) is 4.14. The van der Waals surface area contributed by atoms with Gasteiger partial charge < -0.3 is 9.88 Å². The molecule has 92 valence electrons. The van der Waals surface area contributed by atoms with Crippen LogP contribution in [0.15, 0.2) is 0 Å². The zero-order chi connectivity index (χ0) is 11.8. The second-order valence-corrected chi connectivity index (χ2v) is 6.43. The first-order valence-electron chi connectivity index (χ1n) is 6.79. The highest BCUT2D eigenvalue weighted by Gasteiger charge is 2.71. The average molecular weight is 232 g/mol. The number of hydrogen-bond acceptors (Lipinski definition) is 3. The Morgan fingerprint density at radius 1 is 1.29 bits per heavy atom. The van der Waals surface area contributed by atoms with Crippen LogP contribution in [0.5, 0.6) is 0 Å². The quantitative estimate of drug-likeness (QED) is 0.845.